The second-order valence-corrected chi connectivity index (χ2v) is 11.9. The normalized spacial score (nSPS) is 37.3. The van der Waals surface area contributed by atoms with E-state index in [0.29, 0.717) is 19.3 Å². The molecule has 35 heavy (non-hydrogen) atoms. The predicted molar refractivity (Wildman–Crippen MR) is 142 cm³/mol. The van der Waals surface area contributed by atoms with Gasteiger partial charge in [-0.15, -0.1) is 0 Å². The molecule has 6 atom stereocenters. The molecule has 1 saturated heterocycles. The summed E-state index contributed by atoms with van der Waals surface area (Å²) in [5.74, 6) is 0.0558. The molecule has 0 radical (unpaired) electrons. The number of hydrogen-bond acceptors (Lipinski definition) is 5. The third-order valence-corrected chi connectivity index (χ3v) is 9.02. The highest BCUT2D eigenvalue weighted by molar-refractivity contribution is 5.74. The summed E-state index contributed by atoms with van der Waals surface area (Å²) in [4.78, 5) is 11.6. The van der Waals surface area contributed by atoms with Gasteiger partial charge in [0.2, 0.25) is 0 Å². The zero-order chi connectivity index (χ0) is 26.4. The third kappa shape index (κ3) is 6.94. The van der Waals surface area contributed by atoms with Crippen LogP contribution in [0, 0.1) is 11.3 Å². The summed E-state index contributed by atoms with van der Waals surface area (Å²) < 4.78 is 6.38. The predicted octanol–water partition coefficient (Wildman–Crippen LogP) is 5.82. The van der Waals surface area contributed by atoms with Crippen LogP contribution in [0.5, 0.6) is 0 Å². The van der Waals surface area contributed by atoms with E-state index in [1.807, 2.05) is 20.8 Å². The summed E-state index contributed by atoms with van der Waals surface area (Å²) in [6, 6.07) is 0. The molecule has 1 aliphatic carbocycles. The maximum Gasteiger partial charge on any atom is 0.145 e. The van der Waals surface area contributed by atoms with Gasteiger partial charge in [-0.25, -0.2) is 0 Å². The molecule has 0 aromatic heterocycles. The molecule has 5 nitrogen and oxygen atoms in total. The number of allylic oxidation sites excluding steroid dienone is 5. The van der Waals surface area contributed by atoms with E-state index in [-0.39, 0.29) is 18.6 Å². The number of carbonyl (C=O) groups excluding carboxylic acids is 1. The van der Waals surface area contributed by atoms with Gasteiger partial charge < -0.3 is 20.1 Å². The summed E-state index contributed by atoms with van der Waals surface area (Å²) in [6.45, 7) is 14.3. The van der Waals surface area contributed by atoms with Crippen molar-refractivity contribution in [2.45, 2.75) is 130 Å². The average molecular weight is 491 g/mol. The van der Waals surface area contributed by atoms with Crippen molar-refractivity contribution in [3.63, 3.8) is 0 Å². The Labute approximate surface area is 213 Å². The quantitative estimate of drug-likeness (QED) is 0.193. The minimum Gasteiger partial charge on any atom is -0.396 e. The minimum absolute atomic E-state index is 0.0558. The van der Waals surface area contributed by atoms with Gasteiger partial charge in [0.1, 0.15) is 6.29 Å². The van der Waals surface area contributed by atoms with Gasteiger partial charge in [-0.05, 0) is 110 Å². The summed E-state index contributed by atoms with van der Waals surface area (Å²) in [5.41, 5.74) is 2.50. The zero-order valence-electron chi connectivity index (χ0n) is 23.2. The van der Waals surface area contributed by atoms with E-state index in [1.54, 1.807) is 0 Å². The number of aliphatic hydroxyl groups is 3. The van der Waals surface area contributed by atoms with Crippen LogP contribution in [0.2, 0.25) is 0 Å². The molecule has 1 aliphatic heterocycles. The largest absolute Gasteiger partial charge is 0.396 e. The van der Waals surface area contributed by atoms with Crippen LogP contribution in [-0.4, -0.2) is 51.6 Å². The van der Waals surface area contributed by atoms with Crippen LogP contribution >= 0.6 is 0 Å². The Hall–Kier alpha value is -1.27. The minimum atomic E-state index is -0.856. The lowest BCUT2D eigenvalue weighted by molar-refractivity contribution is -0.115. The van der Waals surface area contributed by atoms with Gasteiger partial charge in [-0.1, -0.05) is 30.2 Å². The van der Waals surface area contributed by atoms with Gasteiger partial charge >= 0.3 is 0 Å². The SMILES string of the molecule is CC(C)=CCC[C@@]1(C)O[C@@H](/C(C)=C/CC[C@@]2(C)[C@H](CCCO)/C(=C(\C)C=O)CC[C@]2(C)O)C[C@@H]1O. The molecule has 2 aliphatic rings. The second kappa shape index (κ2) is 12.3. The van der Waals surface area contributed by atoms with Crippen molar-refractivity contribution in [1.82, 2.24) is 0 Å². The Bertz CT molecular complexity index is 819. The van der Waals surface area contributed by atoms with Gasteiger partial charge in [0.25, 0.3) is 0 Å². The molecule has 0 bridgehead atoms. The smallest absolute Gasteiger partial charge is 0.145 e. The van der Waals surface area contributed by atoms with Crippen molar-refractivity contribution in [2.75, 3.05) is 6.61 Å². The fraction of sp³-hybridized carbons (Fsp3) is 0.767. The first kappa shape index (κ1) is 30.0. The third-order valence-electron chi connectivity index (χ3n) is 9.02. The van der Waals surface area contributed by atoms with Crippen LogP contribution in [0.3, 0.4) is 0 Å². The Balaban J connectivity index is 2.16. The van der Waals surface area contributed by atoms with E-state index in [4.69, 9.17) is 4.74 Å². The first-order chi connectivity index (χ1) is 16.3. The molecule has 1 saturated carbocycles. The van der Waals surface area contributed by atoms with Crippen molar-refractivity contribution < 1.29 is 24.9 Å². The number of rotatable bonds is 11. The number of hydrogen-bond donors (Lipinski definition) is 3. The zero-order valence-corrected chi connectivity index (χ0v) is 23.2. The molecule has 0 aromatic carbocycles. The van der Waals surface area contributed by atoms with Gasteiger partial charge in [0, 0.05) is 18.4 Å². The maximum absolute atomic E-state index is 11.6. The monoisotopic (exact) mass is 490 g/mol. The van der Waals surface area contributed by atoms with Crippen molar-refractivity contribution in [3.05, 3.63) is 34.4 Å². The van der Waals surface area contributed by atoms with Crippen molar-refractivity contribution in [2.24, 2.45) is 11.3 Å². The second-order valence-electron chi connectivity index (χ2n) is 11.9. The van der Waals surface area contributed by atoms with Gasteiger partial charge in [-0.2, -0.15) is 0 Å². The standard InChI is InChI=1S/C30H50O5/c1-21(2)11-8-16-29(6)27(33)19-26(35-29)22(3)12-9-15-28(5)25(13-10-18-31)24(23(4)20-32)14-17-30(28,7)34/h11-12,20,25-27,31,33-34H,8-10,13-19H2,1-7H3/b22-12+,24-23+/t25-,26-,27+,28+,29-,30+/m1/s1. The van der Waals surface area contributed by atoms with Crippen molar-refractivity contribution in [3.8, 4) is 0 Å². The topological polar surface area (TPSA) is 87.0 Å². The fourth-order valence-electron chi connectivity index (χ4n) is 6.16. The van der Waals surface area contributed by atoms with Crippen LogP contribution < -0.4 is 0 Å². The molecular formula is C30H50O5. The number of ether oxygens (including phenoxy) is 1. The molecule has 2 rings (SSSR count). The summed E-state index contributed by atoms with van der Waals surface area (Å²) in [7, 11) is 0. The molecule has 3 N–H and O–H groups in total. The van der Waals surface area contributed by atoms with E-state index in [1.165, 1.54) is 5.57 Å². The fourth-order valence-corrected chi connectivity index (χ4v) is 6.16. The number of aliphatic hydroxyl groups excluding tert-OH is 2. The Morgan fingerprint density at radius 1 is 1.09 bits per heavy atom. The summed E-state index contributed by atoms with van der Waals surface area (Å²) in [6.07, 6.45) is 11.4. The van der Waals surface area contributed by atoms with Gasteiger partial charge in [0.05, 0.1) is 23.4 Å². The summed E-state index contributed by atoms with van der Waals surface area (Å²) in [5, 5.41) is 31.7. The van der Waals surface area contributed by atoms with Crippen LogP contribution in [0.15, 0.2) is 34.4 Å². The van der Waals surface area contributed by atoms with Crippen molar-refractivity contribution in [1.29, 1.82) is 0 Å². The summed E-state index contributed by atoms with van der Waals surface area (Å²) >= 11 is 0. The van der Waals surface area contributed by atoms with Gasteiger partial charge in [0.15, 0.2) is 0 Å². The molecule has 0 spiro atoms. The van der Waals surface area contributed by atoms with E-state index in [9.17, 15) is 20.1 Å². The molecule has 5 heteroatoms. The number of carbonyl (C=O) groups is 1. The first-order valence-corrected chi connectivity index (χ1v) is 13.4. The van der Waals surface area contributed by atoms with Crippen molar-refractivity contribution >= 4 is 6.29 Å². The highest BCUT2D eigenvalue weighted by Crippen LogP contribution is 2.55. The van der Waals surface area contributed by atoms with E-state index in [2.05, 4.69) is 39.8 Å². The van der Waals surface area contributed by atoms with Crippen LogP contribution in [0.25, 0.3) is 0 Å². The molecule has 2 fully saturated rings. The van der Waals surface area contributed by atoms with E-state index in [0.717, 1.165) is 61.5 Å². The van der Waals surface area contributed by atoms with Gasteiger partial charge in [-0.3, -0.25) is 4.79 Å². The molecule has 0 unspecified atom stereocenters. The molecule has 0 amide bonds. The molecule has 1 heterocycles. The first-order valence-electron chi connectivity index (χ1n) is 13.4. The lowest BCUT2D eigenvalue weighted by Crippen LogP contribution is -2.52. The molecular weight excluding hydrogens is 440 g/mol. The Kier molecular flexibility index (Phi) is 10.5. The molecule has 200 valence electrons. The van der Waals surface area contributed by atoms with Crippen LogP contribution in [-0.2, 0) is 9.53 Å². The maximum atomic E-state index is 11.6. The highest BCUT2D eigenvalue weighted by atomic mass is 16.5. The lowest BCUT2D eigenvalue weighted by Gasteiger charge is -2.53. The Morgan fingerprint density at radius 2 is 1.74 bits per heavy atom. The number of aldehydes is 1. The van der Waals surface area contributed by atoms with E-state index < -0.39 is 22.7 Å². The highest BCUT2D eigenvalue weighted by Gasteiger charge is 2.52. The van der Waals surface area contributed by atoms with Crippen LogP contribution in [0.4, 0.5) is 0 Å². The van der Waals surface area contributed by atoms with E-state index >= 15 is 0 Å². The lowest BCUT2D eigenvalue weighted by atomic mass is 9.54. The average Bonchev–Trinajstić information content (AvgIpc) is 3.08. The molecule has 0 aromatic rings. The Morgan fingerprint density at radius 3 is 2.34 bits per heavy atom. The van der Waals surface area contributed by atoms with Crippen LogP contribution in [0.1, 0.15) is 106 Å².